The molecule has 0 unspecified atom stereocenters. The SMILES string of the molecule is O=[N+]([O-])c1cc(CO)ccc1-n1nnc2ccccc21. The van der Waals surface area contributed by atoms with Crippen LogP contribution in [0.2, 0.25) is 0 Å². The van der Waals surface area contributed by atoms with Gasteiger partial charge >= 0.3 is 0 Å². The Morgan fingerprint density at radius 3 is 2.80 bits per heavy atom. The number of rotatable bonds is 3. The second-order valence-electron chi connectivity index (χ2n) is 4.23. The predicted molar refractivity (Wildman–Crippen MR) is 71.4 cm³/mol. The number of hydrogen-bond donors (Lipinski definition) is 1. The molecule has 1 N–H and O–H groups in total. The molecule has 0 amide bonds. The monoisotopic (exact) mass is 270 g/mol. The summed E-state index contributed by atoms with van der Waals surface area (Å²) in [6, 6.07) is 11.7. The third-order valence-electron chi connectivity index (χ3n) is 3.00. The molecule has 100 valence electrons. The summed E-state index contributed by atoms with van der Waals surface area (Å²) in [7, 11) is 0. The molecule has 0 aliphatic rings. The van der Waals surface area contributed by atoms with Crippen LogP contribution >= 0.6 is 0 Å². The van der Waals surface area contributed by atoms with Crippen molar-refractivity contribution in [3.8, 4) is 5.69 Å². The highest BCUT2D eigenvalue weighted by Crippen LogP contribution is 2.26. The van der Waals surface area contributed by atoms with Crippen LogP contribution in [0, 0.1) is 10.1 Å². The molecule has 0 bridgehead atoms. The fourth-order valence-corrected chi connectivity index (χ4v) is 2.04. The average molecular weight is 270 g/mol. The van der Waals surface area contributed by atoms with Gasteiger partial charge in [0.15, 0.2) is 0 Å². The maximum atomic E-state index is 11.2. The molecule has 7 nitrogen and oxygen atoms in total. The zero-order valence-corrected chi connectivity index (χ0v) is 10.3. The molecule has 3 aromatic rings. The lowest BCUT2D eigenvalue weighted by Gasteiger charge is -2.05. The van der Waals surface area contributed by atoms with E-state index >= 15 is 0 Å². The number of hydrogen-bond acceptors (Lipinski definition) is 5. The summed E-state index contributed by atoms with van der Waals surface area (Å²) in [6.07, 6.45) is 0. The van der Waals surface area contributed by atoms with Crippen LogP contribution in [-0.2, 0) is 6.61 Å². The van der Waals surface area contributed by atoms with Crippen LogP contribution in [0.5, 0.6) is 0 Å². The van der Waals surface area contributed by atoms with E-state index in [1.807, 2.05) is 12.1 Å². The van der Waals surface area contributed by atoms with Crippen LogP contribution in [0.1, 0.15) is 5.56 Å². The molecule has 0 saturated carbocycles. The van der Waals surface area contributed by atoms with Crippen LogP contribution in [-0.4, -0.2) is 25.0 Å². The Morgan fingerprint density at radius 2 is 2.05 bits per heavy atom. The average Bonchev–Trinajstić information content (AvgIpc) is 2.90. The first-order valence-corrected chi connectivity index (χ1v) is 5.89. The van der Waals surface area contributed by atoms with E-state index in [4.69, 9.17) is 5.11 Å². The van der Waals surface area contributed by atoms with E-state index in [0.29, 0.717) is 22.3 Å². The number of para-hydroxylation sites is 1. The molecule has 0 fully saturated rings. The molecule has 0 atom stereocenters. The molecule has 20 heavy (non-hydrogen) atoms. The molecule has 0 aliphatic heterocycles. The third kappa shape index (κ3) is 1.90. The number of fused-ring (bicyclic) bond motifs is 1. The minimum absolute atomic E-state index is 0.118. The third-order valence-corrected chi connectivity index (χ3v) is 3.00. The molecule has 1 aromatic heterocycles. The first kappa shape index (κ1) is 12.2. The van der Waals surface area contributed by atoms with Gasteiger partial charge in [0.25, 0.3) is 5.69 Å². The minimum atomic E-state index is -0.495. The highest BCUT2D eigenvalue weighted by molar-refractivity contribution is 5.77. The normalized spacial score (nSPS) is 10.8. The van der Waals surface area contributed by atoms with Crippen LogP contribution in [0.3, 0.4) is 0 Å². The molecule has 0 saturated heterocycles. The second-order valence-corrected chi connectivity index (χ2v) is 4.23. The van der Waals surface area contributed by atoms with Gasteiger partial charge in [-0.1, -0.05) is 23.4 Å². The summed E-state index contributed by atoms with van der Waals surface area (Å²) in [5.41, 5.74) is 2.03. The fourth-order valence-electron chi connectivity index (χ4n) is 2.04. The number of benzene rings is 2. The standard InChI is InChI=1S/C13H10N4O3/c18-8-9-5-6-12(13(7-9)17(19)20)16-11-4-2-1-3-10(11)14-15-16/h1-7,18H,8H2. The smallest absolute Gasteiger partial charge is 0.295 e. The van der Waals surface area contributed by atoms with Crippen molar-refractivity contribution in [1.29, 1.82) is 0 Å². The van der Waals surface area contributed by atoms with Gasteiger partial charge < -0.3 is 5.11 Å². The molecular formula is C13H10N4O3. The number of aromatic nitrogens is 3. The lowest BCUT2D eigenvalue weighted by Crippen LogP contribution is -2.03. The summed E-state index contributed by atoms with van der Waals surface area (Å²) in [4.78, 5) is 10.7. The Bertz CT molecular complexity index is 797. The van der Waals surface area contributed by atoms with Crippen molar-refractivity contribution < 1.29 is 10.0 Å². The maximum Gasteiger partial charge on any atom is 0.295 e. The van der Waals surface area contributed by atoms with Gasteiger partial charge in [0.2, 0.25) is 0 Å². The molecular weight excluding hydrogens is 260 g/mol. The van der Waals surface area contributed by atoms with Gasteiger partial charge in [-0.15, -0.1) is 5.10 Å². The van der Waals surface area contributed by atoms with Crippen LogP contribution in [0.4, 0.5) is 5.69 Å². The van der Waals surface area contributed by atoms with Crippen LogP contribution in [0.25, 0.3) is 16.7 Å². The molecule has 0 radical (unpaired) electrons. The van der Waals surface area contributed by atoms with Crippen molar-refractivity contribution in [1.82, 2.24) is 15.0 Å². The van der Waals surface area contributed by atoms with E-state index in [0.717, 1.165) is 0 Å². The molecule has 7 heteroatoms. The molecule has 1 heterocycles. The summed E-state index contributed by atoms with van der Waals surface area (Å²) < 4.78 is 1.43. The summed E-state index contributed by atoms with van der Waals surface area (Å²) in [5, 5.41) is 28.2. The van der Waals surface area contributed by atoms with Gasteiger partial charge in [-0.2, -0.15) is 0 Å². The first-order valence-electron chi connectivity index (χ1n) is 5.89. The van der Waals surface area contributed by atoms with E-state index in [1.165, 1.54) is 10.7 Å². The lowest BCUT2D eigenvalue weighted by molar-refractivity contribution is -0.384. The Kier molecular flexibility index (Phi) is 2.88. The second kappa shape index (κ2) is 4.71. The zero-order valence-electron chi connectivity index (χ0n) is 10.3. The van der Waals surface area contributed by atoms with Gasteiger partial charge in [0.05, 0.1) is 17.0 Å². The maximum absolute atomic E-state index is 11.2. The Balaban J connectivity index is 2.26. The Hall–Kier alpha value is -2.80. The van der Waals surface area contributed by atoms with Crippen LogP contribution in [0.15, 0.2) is 42.5 Å². The highest BCUT2D eigenvalue weighted by atomic mass is 16.6. The van der Waals surface area contributed by atoms with Crippen molar-refractivity contribution in [3.63, 3.8) is 0 Å². The number of aliphatic hydroxyl groups excluding tert-OH is 1. The van der Waals surface area contributed by atoms with Gasteiger partial charge in [0.1, 0.15) is 11.2 Å². The summed E-state index contributed by atoms with van der Waals surface area (Å²) >= 11 is 0. The fraction of sp³-hybridized carbons (Fsp3) is 0.0769. The van der Waals surface area contributed by atoms with E-state index in [9.17, 15) is 10.1 Å². The number of aliphatic hydroxyl groups is 1. The summed E-state index contributed by atoms with van der Waals surface area (Å²) in [6.45, 7) is -0.251. The molecule has 0 spiro atoms. The van der Waals surface area contributed by atoms with Crippen molar-refractivity contribution in [2.45, 2.75) is 6.61 Å². The zero-order chi connectivity index (χ0) is 14.1. The molecule has 3 rings (SSSR count). The first-order chi connectivity index (χ1) is 9.70. The lowest BCUT2D eigenvalue weighted by atomic mass is 10.2. The topological polar surface area (TPSA) is 94.1 Å². The van der Waals surface area contributed by atoms with Crippen molar-refractivity contribution in [3.05, 3.63) is 58.1 Å². The van der Waals surface area contributed by atoms with Gasteiger partial charge in [-0.25, -0.2) is 4.68 Å². The Labute approximate surface area is 113 Å². The van der Waals surface area contributed by atoms with Gasteiger partial charge in [0, 0.05) is 6.07 Å². The van der Waals surface area contributed by atoms with E-state index in [1.54, 1.807) is 24.3 Å². The van der Waals surface area contributed by atoms with Crippen LogP contribution < -0.4 is 0 Å². The van der Waals surface area contributed by atoms with E-state index < -0.39 is 4.92 Å². The molecule has 0 aliphatic carbocycles. The van der Waals surface area contributed by atoms with Crippen molar-refractivity contribution in [2.24, 2.45) is 0 Å². The van der Waals surface area contributed by atoms with E-state index in [-0.39, 0.29) is 12.3 Å². The van der Waals surface area contributed by atoms with Crippen molar-refractivity contribution >= 4 is 16.7 Å². The van der Waals surface area contributed by atoms with E-state index in [2.05, 4.69) is 10.3 Å². The highest BCUT2D eigenvalue weighted by Gasteiger charge is 2.18. The number of nitrogens with zero attached hydrogens (tertiary/aromatic N) is 4. The summed E-state index contributed by atoms with van der Waals surface area (Å²) in [5.74, 6) is 0. The quantitative estimate of drug-likeness (QED) is 0.578. The van der Waals surface area contributed by atoms with Gasteiger partial charge in [-0.3, -0.25) is 10.1 Å². The van der Waals surface area contributed by atoms with Gasteiger partial charge in [-0.05, 0) is 23.8 Å². The largest absolute Gasteiger partial charge is 0.392 e. The minimum Gasteiger partial charge on any atom is -0.392 e. The molecule has 2 aromatic carbocycles. The number of nitro groups is 1. The Morgan fingerprint density at radius 1 is 1.25 bits per heavy atom. The number of nitro benzene ring substituents is 1. The predicted octanol–water partition coefficient (Wildman–Crippen LogP) is 1.82. The van der Waals surface area contributed by atoms with Crippen molar-refractivity contribution in [2.75, 3.05) is 0 Å².